The van der Waals surface area contributed by atoms with Gasteiger partial charge in [0.05, 0.1) is 0 Å². The fourth-order valence-electron chi connectivity index (χ4n) is 3.08. The van der Waals surface area contributed by atoms with Gasteiger partial charge in [0, 0.05) is 41.8 Å². The molecule has 1 aromatic carbocycles. The van der Waals surface area contributed by atoms with Crippen LogP contribution in [0.4, 0.5) is 17.2 Å². The number of aromatic nitrogens is 5. The number of hydrogen-bond donors (Lipinski definition) is 2. The molecule has 3 aromatic heterocycles. The Labute approximate surface area is 172 Å². The number of benzene rings is 1. The van der Waals surface area contributed by atoms with E-state index in [9.17, 15) is 4.79 Å². The van der Waals surface area contributed by atoms with Crippen molar-refractivity contribution in [2.24, 2.45) is 0 Å². The molecule has 0 bridgehead atoms. The summed E-state index contributed by atoms with van der Waals surface area (Å²) >= 11 is 0. The molecule has 1 amide bonds. The number of aryl methyl sites for hydroxylation is 1. The van der Waals surface area contributed by atoms with E-state index < -0.39 is 0 Å². The van der Waals surface area contributed by atoms with Gasteiger partial charge < -0.3 is 15.2 Å². The lowest BCUT2D eigenvalue weighted by molar-refractivity contribution is 0.101. The van der Waals surface area contributed by atoms with Crippen molar-refractivity contribution in [3.63, 3.8) is 0 Å². The minimum atomic E-state index is -0.289. The number of hydrogen-bond acceptors (Lipinski definition) is 7. The van der Waals surface area contributed by atoms with Gasteiger partial charge in [0.15, 0.2) is 5.69 Å². The maximum Gasteiger partial charge on any atom is 0.277 e. The number of anilines is 3. The summed E-state index contributed by atoms with van der Waals surface area (Å²) < 4.78 is 7.06. The zero-order chi connectivity index (χ0) is 20.5. The zero-order valence-electron chi connectivity index (χ0n) is 16.2. The molecule has 0 aliphatic heterocycles. The Morgan fingerprint density at radius 1 is 1.13 bits per heavy atom. The molecule has 4 aromatic rings. The first kappa shape index (κ1) is 18.0. The Kier molecular flexibility index (Phi) is 4.47. The van der Waals surface area contributed by atoms with Crippen molar-refractivity contribution in [1.82, 2.24) is 24.7 Å². The third-order valence-electron chi connectivity index (χ3n) is 4.75. The number of nitrogens with one attached hydrogen (secondary N) is 2. The molecule has 5 rings (SSSR count). The first-order valence-corrected chi connectivity index (χ1v) is 9.63. The van der Waals surface area contributed by atoms with Crippen LogP contribution in [0, 0.1) is 6.92 Å². The molecular weight excluding hydrogens is 382 g/mol. The highest BCUT2D eigenvalue weighted by Crippen LogP contribution is 2.40. The molecule has 3 heterocycles. The fourth-order valence-corrected chi connectivity index (χ4v) is 3.08. The Hall–Kier alpha value is -4.01. The summed E-state index contributed by atoms with van der Waals surface area (Å²) in [5.41, 5.74) is 1.79. The number of nitrogens with zero attached hydrogens (tertiary/aromatic N) is 5. The highest BCUT2D eigenvalue weighted by atomic mass is 16.5. The predicted molar refractivity (Wildman–Crippen MR) is 110 cm³/mol. The molecule has 1 aliphatic carbocycles. The van der Waals surface area contributed by atoms with Gasteiger partial charge in [-0.25, -0.2) is 15.0 Å². The van der Waals surface area contributed by atoms with Crippen molar-refractivity contribution < 1.29 is 9.32 Å². The van der Waals surface area contributed by atoms with Crippen molar-refractivity contribution in [1.29, 1.82) is 0 Å². The van der Waals surface area contributed by atoms with Crippen LogP contribution in [0.15, 0.2) is 59.6 Å². The van der Waals surface area contributed by atoms with E-state index in [1.165, 1.54) is 0 Å². The van der Waals surface area contributed by atoms with Gasteiger partial charge in [-0.3, -0.25) is 9.36 Å². The van der Waals surface area contributed by atoms with Crippen molar-refractivity contribution in [3.05, 3.63) is 72.4 Å². The minimum absolute atomic E-state index is 0.289. The zero-order valence-corrected chi connectivity index (χ0v) is 16.2. The lowest BCUT2D eigenvalue weighted by atomic mass is 10.2. The Morgan fingerprint density at radius 3 is 2.67 bits per heavy atom. The summed E-state index contributed by atoms with van der Waals surface area (Å²) in [7, 11) is 0. The van der Waals surface area contributed by atoms with E-state index in [1.807, 2.05) is 48.0 Å². The van der Waals surface area contributed by atoms with Gasteiger partial charge in [-0.05, 0) is 44.0 Å². The quantitative estimate of drug-likeness (QED) is 0.505. The van der Waals surface area contributed by atoms with Crippen LogP contribution < -0.4 is 10.6 Å². The second kappa shape index (κ2) is 7.43. The van der Waals surface area contributed by atoms with Crippen molar-refractivity contribution in [2.45, 2.75) is 25.7 Å². The summed E-state index contributed by atoms with van der Waals surface area (Å²) in [6.45, 7) is 1.84. The molecule has 1 saturated carbocycles. The van der Waals surface area contributed by atoms with E-state index in [0.29, 0.717) is 28.9 Å². The third kappa shape index (κ3) is 3.90. The van der Waals surface area contributed by atoms with Crippen LogP contribution in [0.2, 0.25) is 0 Å². The molecule has 0 radical (unpaired) electrons. The van der Waals surface area contributed by atoms with Gasteiger partial charge in [0.2, 0.25) is 0 Å². The number of rotatable bonds is 6. The van der Waals surface area contributed by atoms with Crippen LogP contribution in [-0.2, 0) is 0 Å². The number of amides is 1. The molecule has 150 valence electrons. The van der Waals surface area contributed by atoms with Crippen LogP contribution in [0.5, 0.6) is 0 Å². The largest absolute Gasteiger partial charge is 0.360 e. The normalized spacial score (nSPS) is 13.2. The maximum absolute atomic E-state index is 12.4. The van der Waals surface area contributed by atoms with Crippen LogP contribution in [0.1, 0.15) is 40.8 Å². The first-order chi connectivity index (χ1) is 14.6. The van der Waals surface area contributed by atoms with Gasteiger partial charge in [-0.1, -0.05) is 5.16 Å². The standard InChI is InChI=1S/C21H19N7O2/c1-13-23-19(11-20(24-13)28-9-8-22-12-28)25-15-4-6-16(7-5-15)26-21(29)17-10-18(30-27-17)14-2-3-14/h4-12,14H,2-3H2,1H3,(H,26,29)(H,23,24,25). The summed E-state index contributed by atoms with van der Waals surface area (Å²) in [6, 6.07) is 10.9. The average molecular weight is 401 g/mol. The summed E-state index contributed by atoms with van der Waals surface area (Å²) in [4.78, 5) is 25.3. The van der Waals surface area contributed by atoms with Crippen molar-refractivity contribution in [3.8, 4) is 5.82 Å². The number of imidazole rings is 1. The highest BCUT2D eigenvalue weighted by molar-refractivity contribution is 6.02. The molecule has 0 spiro atoms. The second-order valence-electron chi connectivity index (χ2n) is 7.17. The van der Waals surface area contributed by atoms with Crippen molar-refractivity contribution in [2.75, 3.05) is 10.6 Å². The third-order valence-corrected chi connectivity index (χ3v) is 4.75. The minimum Gasteiger partial charge on any atom is -0.360 e. The van der Waals surface area contributed by atoms with Crippen LogP contribution in [0.3, 0.4) is 0 Å². The molecule has 30 heavy (non-hydrogen) atoms. The predicted octanol–water partition coefficient (Wildman–Crippen LogP) is 3.83. The Balaban J connectivity index is 1.26. The summed E-state index contributed by atoms with van der Waals surface area (Å²) in [5, 5.41) is 9.96. The average Bonchev–Trinajstić information content (AvgIpc) is 3.23. The molecule has 2 N–H and O–H groups in total. The molecule has 0 saturated heterocycles. The molecule has 0 atom stereocenters. The van der Waals surface area contributed by atoms with Crippen LogP contribution in [0.25, 0.3) is 5.82 Å². The van der Waals surface area contributed by atoms with E-state index in [0.717, 1.165) is 30.1 Å². The molecule has 1 fully saturated rings. The van der Waals surface area contributed by atoms with Gasteiger partial charge in [0.25, 0.3) is 5.91 Å². The van der Waals surface area contributed by atoms with Gasteiger partial charge in [-0.2, -0.15) is 0 Å². The number of carbonyl (C=O) groups is 1. The maximum atomic E-state index is 12.4. The molecule has 1 aliphatic rings. The highest BCUT2D eigenvalue weighted by Gasteiger charge is 2.28. The Bertz CT molecular complexity index is 1180. The topological polar surface area (TPSA) is 111 Å². The number of carbonyl (C=O) groups excluding carboxylic acids is 1. The van der Waals surface area contributed by atoms with Crippen molar-refractivity contribution >= 4 is 23.1 Å². The first-order valence-electron chi connectivity index (χ1n) is 9.63. The van der Waals surface area contributed by atoms with Gasteiger partial charge >= 0.3 is 0 Å². The fraction of sp³-hybridized carbons (Fsp3) is 0.190. The smallest absolute Gasteiger partial charge is 0.277 e. The second-order valence-corrected chi connectivity index (χ2v) is 7.17. The van der Waals surface area contributed by atoms with Crippen LogP contribution in [-0.4, -0.2) is 30.6 Å². The summed E-state index contributed by atoms with van der Waals surface area (Å²) in [6.07, 6.45) is 7.40. The Morgan fingerprint density at radius 2 is 1.93 bits per heavy atom. The SMILES string of the molecule is Cc1nc(Nc2ccc(NC(=O)c3cc(C4CC4)on3)cc2)cc(-n2ccnc2)n1. The van der Waals surface area contributed by atoms with E-state index >= 15 is 0 Å². The monoisotopic (exact) mass is 401 g/mol. The van der Waals surface area contributed by atoms with E-state index in [1.54, 1.807) is 18.6 Å². The van der Waals surface area contributed by atoms with E-state index in [4.69, 9.17) is 4.52 Å². The van der Waals surface area contributed by atoms with Gasteiger partial charge in [0.1, 0.15) is 29.5 Å². The lowest BCUT2D eigenvalue weighted by Gasteiger charge is -2.10. The molecule has 0 unspecified atom stereocenters. The van der Waals surface area contributed by atoms with E-state index in [-0.39, 0.29) is 5.91 Å². The van der Waals surface area contributed by atoms with E-state index in [2.05, 4.69) is 30.7 Å². The lowest BCUT2D eigenvalue weighted by Crippen LogP contribution is -2.12. The molecule has 9 nitrogen and oxygen atoms in total. The summed E-state index contributed by atoms with van der Waals surface area (Å²) in [5.74, 6) is 2.95. The molecule has 9 heteroatoms. The van der Waals surface area contributed by atoms with Crippen LogP contribution >= 0.6 is 0 Å². The molecular formula is C21H19N7O2. The van der Waals surface area contributed by atoms with Gasteiger partial charge in [-0.15, -0.1) is 0 Å².